The molecule has 3 aromatic rings. The van der Waals surface area contributed by atoms with Crippen LogP contribution in [0.2, 0.25) is 5.02 Å². The Balaban J connectivity index is 1.67. The molecule has 1 aliphatic heterocycles. The van der Waals surface area contributed by atoms with Gasteiger partial charge in [-0.1, -0.05) is 29.8 Å². The van der Waals surface area contributed by atoms with E-state index in [4.69, 9.17) is 21.1 Å². The number of benzene rings is 2. The number of hydrogen-bond acceptors (Lipinski definition) is 5. The SMILES string of the molecule is COc1cc2c(cc1OC)C(c1cccc(Cl)c1)N(C(=O)CNC(=O)c1cccs1)CC2. The number of nitrogens with zero attached hydrogens (tertiary/aromatic N) is 1. The summed E-state index contributed by atoms with van der Waals surface area (Å²) in [6, 6.07) is 14.6. The molecule has 2 heterocycles. The van der Waals surface area contributed by atoms with Gasteiger partial charge in [-0.3, -0.25) is 9.59 Å². The normalized spacial score (nSPS) is 15.1. The van der Waals surface area contributed by atoms with Gasteiger partial charge in [0.15, 0.2) is 11.5 Å². The summed E-state index contributed by atoms with van der Waals surface area (Å²) in [5.74, 6) is 0.828. The maximum atomic E-state index is 13.3. The number of carbonyl (C=O) groups excluding carboxylic acids is 2. The van der Waals surface area contributed by atoms with Gasteiger partial charge in [0.25, 0.3) is 5.91 Å². The minimum absolute atomic E-state index is 0.0869. The minimum Gasteiger partial charge on any atom is -0.493 e. The second-order valence-corrected chi connectivity index (χ2v) is 8.74. The van der Waals surface area contributed by atoms with E-state index in [1.165, 1.54) is 11.3 Å². The van der Waals surface area contributed by atoms with Gasteiger partial charge in [0, 0.05) is 11.6 Å². The zero-order valence-electron chi connectivity index (χ0n) is 17.8. The molecule has 1 unspecified atom stereocenters. The Hall–Kier alpha value is -3.03. The first kappa shape index (κ1) is 22.2. The number of thiophene rings is 1. The summed E-state index contributed by atoms with van der Waals surface area (Å²) >= 11 is 7.62. The molecule has 0 saturated heterocycles. The Bertz CT molecular complexity index is 1130. The molecule has 2 amide bonds. The van der Waals surface area contributed by atoms with Crippen LogP contribution in [0.5, 0.6) is 11.5 Å². The monoisotopic (exact) mass is 470 g/mol. The molecule has 32 heavy (non-hydrogen) atoms. The Morgan fingerprint density at radius 3 is 2.59 bits per heavy atom. The lowest BCUT2D eigenvalue weighted by molar-refractivity contribution is -0.132. The summed E-state index contributed by atoms with van der Waals surface area (Å²) in [6.45, 7) is 0.420. The Morgan fingerprint density at radius 1 is 1.12 bits per heavy atom. The van der Waals surface area contributed by atoms with Crippen LogP contribution >= 0.6 is 22.9 Å². The summed E-state index contributed by atoms with van der Waals surface area (Å²) in [4.78, 5) is 27.9. The zero-order chi connectivity index (χ0) is 22.7. The van der Waals surface area contributed by atoms with Gasteiger partial charge in [-0.15, -0.1) is 11.3 Å². The van der Waals surface area contributed by atoms with Crippen molar-refractivity contribution in [3.63, 3.8) is 0 Å². The van der Waals surface area contributed by atoms with Crippen LogP contribution < -0.4 is 14.8 Å². The first-order chi connectivity index (χ1) is 15.5. The number of ether oxygens (including phenoxy) is 2. The van der Waals surface area contributed by atoms with Crippen molar-refractivity contribution in [2.24, 2.45) is 0 Å². The quantitative estimate of drug-likeness (QED) is 0.582. The molecule has 8 heteroatoms. The van der Waals surface area contributed by atoms with Crippen LogP contribution in [0.4, 0.5) is 0 Å². The molecule has 0 fully saturated rings. The van der Waals surface area contributed by atoms with Crippen LogP contribution in [0.25, 0.3) is 0 Å². The lowest BCUT2D eigenvalue weighted by Gasteiger charge is -2.38. The van der Waals surface area contributed by atoms with Crippen LogP contribution in [-0.4, -0.2) is 44.0 Å². The number of halogens is 1. The van der Waals surface area contributed by atoms with Crippen LogP contribution in [0.1, 0.15) is 32.4 Å². The minimum atomic E-state index is -0.358. The molecular formula is C24H23ClN2O4S. The number of rotatable bonds is 6. The second-order valence-electron chi connectivity index (χ2n) is 7.36. The fraction of sp³-hybridized carbons (Fsp3) is 0.250. The molecular weight excluding hydrogens is 448 g/mol. The van der Waals surface area contributed by atoms with E-state index in [0.717, 1.165) is 16.7 Å². The van der Waals surface area contributed by atoms with Crippen molar-refractivity contribution < 1.29 is 19.1 Å². The summed E-state index contributed by atoms with van der Waals surface area (Å²) < 4.78 is 11.0. The molecule has 1 atom stereocenters. The Labute approximate surface area is 195 Å². The van der Waals surface area contributed by atoms with Gasteiger partial charge in [0.2, 0.25) is 5.91 Å². The maximum Gasteiger partial charge on any atom is 0.261 e. The van der Waals surface area contributed by atoms with E-state index in [-0.39, 0.29) is 24.4 Å². The van der Waals surface area contributed by atoms with Crippen molar-refractivity contribution in [3.05, 3.63) is 80.5 Å². The number of carbonyl (C=O) groups is 2. The number of methoxy groups -OCH3 is 2. The van der Waals surface area contributed by atoms with Crippen molar-refractivity contribution in [2.75, 3.05) is 27.3 Å². The molecule has 4 rings (SSSR count). The van der Waals surface area contributed by atoms with Crippen molar-refractivity contribution in [1.82, 2.24) is 10.2 Å². The Morgan fingerprint density at radius 2 is 1.91 bits per heavy atom. The molecule has 0 aliphatic carbocycles. The topological polar surface area (TPSA) is 67.9 Å². The van der Waals surface area contributed by atoms with Gasteiger partial charge in [0.1, 0.15) is 0 Å². The van der Waals surface area contributed by atoms with Gasteiger partial charge >= 0.3 is 0 Å². The lowest BCUT2D eigenvalue weighted by Crippen LogP contribution is -2.45. The fourth-order valence-corrected chi connectivity index (χ4v) is 4.84. The Kier molecular flexibility index (Phi) is 6.67. The third kappa shape index (κ3) is 4.45. The van der Waals surface area contributed by atoms with E-state index < -0.39 is 0 Å². The molecule has 0 spiro atoms. The smallest absolute Gasteiger partial charge is 0.261 e. The molecule has 1 aromatic heterocycles. The van der Waals surface area contributed by atoms with Crippen molar-refractivity contribution in [3.8, 4) is 11.5 Å². The van der Waals surface area contributed by atoms with Crippen LogP contribution in [-0.2, 0) is 11.2 Å². The first-order valence-corrected chi connectivity index (χ1v) is 11.4. The number of hydrogen-bond donors (Lipinski definition) is 1. The largest absolute Gasteiger partial charge is 0.493 e. The predicted octanol–water partition coefficient (Wildman–Crippen LogP) is 4.32. The highest BCUT2D eigenvalue weighted by Crippen LogP contribution is 2.41. The third-order valence-electron chi connectivity index (χ3n) is 5.50. The molecule has 6 nitrogen and oxygen atoms in total. The van der Waals surface area contributed by atoms with Crippen molar-refractivity contribution in [2.45, 2.75) is 12.5 Å². The summed E-state index contributed by atoms with van der Waals surface area (Å²) in [5.41, 5.74) is 2.93. The molecule has 2 aromatic carbocycles. The van der Waals surface area contributed by atoms with Gasteiger partial charge in [-0.2, -0.15) is 0 Å². The van der Waals surface area contributed by atoms with E-state index in [1.807, 2.05) is 35.7 Å². The molecule has 0 saturated carbocycles. The van der Waals surface area contributed by atoms with Gasteiger partial charge in [0.05, 0.1) is 31.7 Å². The second kappa shape index (κ2) is 9.63. The number of nitrogens with one attached hydrogen (secondary N) is 1. The van der Waals surface area contributed by atoms with Crippen molar-refractivity contribution in [1.29, 1.82) is 0 Å². The first-order valence-electron chi connectivity index (χ1n) is 10.1. The van der Waals surface area contributed by atoms with E-state index >= 15 is 0 Å². The van der Waals surface area contributed by atoms with E-state index in [1.54, 1.807) is 37.3 Å². The zero-order valence-corrected chi connectivity index (χ0v) is 19.3. The highest BCUT2D eigenvalue weighted by Gasteiger charge is 2.33. The summed E-state index contributed by atoms with van der Waals surface area (Å²) in [5, 5.41) is 5.16. The molecule has 1 aliphatic rings. The molecule has 0 bridgehead atoms. The van der Waals surface area contributed by atoms with Crippen molar-refractivity contribution >= 4 is 34.8 Å². The van der Waals surface area contributed by atoms with Crippen LogP contribution in [0.3, 0.4) is 0 Å². The van der Waals surface area contributed by atoms with Gasteiger partial charge < -0.3 is 19.7 Å². The van der Waals surface area contributed by atoms with Gasteiger partial charge in [-0.25, -0.2) is 0 Å². The highest BCUT2D eigenvalue weighted by atomic mass is 35.5. The van der Waals surface area contributed by atoms with E-state index in [9.17, 15) is 9.59 Å². The number of fused-ring (bicyclic) bond motifs is 1. The average Bonchev–Trinajstić information content (AvgIpc) is 3.35. The van der Waals surface area contributed by atoms with Crippen LogP contribution in [0, 0.1) is 0 Å². The molecule has 1 N–H and O–H groups in total. The van der Waals surface area contributed by atoms with E-state index in [2.05, 4.69) is 5.32 Å². The summed E-state index contributed by atoms with van der Waals surface area (Å²) in [6.07, 6.45) is 0.664. The third-order valence-corrected chi connectivity index (χ3v) is 6.61. The molecule has 166 valence electrons. The standard InChI is InChI=1S/C24H23ClN2O4S/c1-30-19-12-15-8-9-27(22(28)14-26-24(29)21-7-4-10-32-21)23(18(15)13-20(19)31-2)16-5-3-6-17(25)11-16/h3-7,10-13,23H,8-9,14H2,1-2H3,(H,26,29). The summed E-state index contributed by atoms with van der Waals surface area (Å²) in [7, 11) is 3.19. The van der Waals surface area contributed by atoms with Gasteiger partial charge in [-0.05, 0) is 58.8 Å². The molecule has 0 radical (unpaired) electrons. The highest BCUT2D eigenvalue weighted by molar-refractivity contribution is 7.12. The average molecular weight is 471 g/mol. The predicted molar refractivity (Wildman–Crippen MR) is 125 cm³/mol. The van der Waals surface area contributed by atoms with Crippen LogP contribution in [0.15, 0.2) is 53.9 Å². The maximum absolute atomic E-state index is 13.3. The fourth-order valence-electron chi connectivity index (χ4n) is 4.00. The van der Waals surface area contributed by atoms with E-state index in [0.29, 0.717) is 34.4 Å². The number of amides is 2. The lowest BCUT2D eigenvalue weighted by atomic mass is 9.87.